The predicted molar refractivity (Wildman–Crippen MR) is 64.0 cm³/mol. The van der Waals surface area contributed by atoms with Crippen LogP contribution in [0.15, 0.2) is 36.4 Å². The average Bonchev–Trinajstić information content (AvgIpc) is 2.30. The Labute approximate surface area is 104 Å². The van der Waals surface area contributed by atoms with Gasteiger partial charge in [-0.25, -0.2) is 4.39 Å². The van der Waals surface area contributed by atoms with Gasteiger partial charge in [0.15, 0.2) is 11.6 Å². The summed E-state index contributed by atoms with van der Waals surface area (Å²) in [5.74, 6) is -0.204. The third kappa shape index (κ3) is 2.58. The van der Waals surface area contributed by atoms with Crippen LogP contribution in [0.1, 0.15) is 11.1 Å². The lowest BCUT2D eigenvalue weighted by molar-refractivity contribution is 0.432. The maximum absolute atomic E-state index is 13.6. The Kier molecular flexibility index (Phi) is 3.16. The first-order valence-electron chi connectivity index (χ1n) is 5.26. The number of hydrogen-bond donors (Lipinski definition) is 1. The maximum Gasteiger partial charge on any atom is 0.167 e. The molecule has 2 rings (SSSR count). The molecule has 0 saturated carbocycles. The van der Waals surface area contributed by atoms with Crippen molar-refractivity contribution in [1.82, 2.24) is 0 Å². The van der Waals surface area contributed by atoms with E-state index in [2.05, 4.69) is 0 Å². The summed E-state index contributed by atoms with van der Waals surface area (Å²) in [6.07, 6.45) is 0. The minimum absolute atomic E-state index is 0.0130. The van der Waals surface area contributed by atoms with Gasteiger partial charge in [0.2, 0.25) is 0 Å². The van der Waals surface area contributed by atoms with E-state index in [1.807, 2.05) is 6.07 Å². The summed E-state index contributed by atoms with van der Waals surface area (Å²) in [6, 6.07) is 10.4. The average molecular weight is 243 g/mol. The molecule has 3 nitrogen and oxygen atoms in total. The molecule has 0 aliphatic heterocycles. The van der Waals surface area contributed by atoms with Crippen LogP contribution in [-0.4, -0.2) is 5.11 Å². The first-order chi connectivity index (χ1) is 8.58. The monoisotopic (exact) mass is 243 g/mol. The molecule has 2 aromatic rings. The molecule has 18 heavy (non-hydrogen) atoms. The van der Waals surface area contributed by atoms with Crippen LogP contribution in [0.5, 0.6) is 17.2 Å². The lowest BCUT2D eigenvalue weighted by Gasteiger charge is -2.08. The second kappa shape index (κ2) is 4.76. The number of aryl methyl sites for hydroxylation is 1. The first-order valence-corrected chi connectivity index (χ1v) is 5.26. The summed E-state index contributed by atoms with van der Waals surface area (Å²) in [6.45, 7) is 1.79. The summed E-state index contributed by atoms with van der Waals surface area (Å²) in [5, 5.41) is 18.0. The topological polar surface area (TPSA) is 53.2 Å². The molecule has 4 heteroatoms. The third-order valence-corrected chi connectivity index (χ3v) is 2.32. The third-order valence-electron chi connectivity index (χ3n) is 2.32. The van der Waals surface area contributed by atoms with E-state index in [4.69, 9.17) is 10.00 Å². The zero-order chi connectivity index (χ0) is 13.1. The molecule has 0 spiro atoms. The molecule has 0 atom stereocenters. The van der Waals surface area contributed by atoms with Gasteiger partial charge in [0.25, 0.3) is 0 Å². The summed E-state index contributed by atoms with van der Waals surface area (Å²) in [7, 11) is 0. The number of benzene rings is 2. The van der Waals surface area contributed by atoms with E-state index in [1.165, 1.54) is 18.2 Å². The minimum Gasteiger partial charge on any atom is -0.508 e. The van der Waals surface area contributed by atoms with Gasteiger partial charge in [-0.15, -0.1) is 0 Å². The van der Waals surface area contributed by atoms with Crippen LogP contribution in [0.2, 0.25) is 0 Å². The molecule has 0 fully saturated rings. The van der Waals surface area contributed by atoms with Crippen molar-refractivity contribution in [3.8, 4) is 23.3 Å². The van der Waals surface area contributed by atoms with Crippen molar-refractivity contribution in [2.24, 2.45) is 0 Å². The Bertz CT molecular complexity index is 612. The summed E-state index contributed by atoms with van der Waals surface area (Å²) in [5.41, 5.74) is 1.03. The number of nitriles is 1. The summed E-state index contributed by atoms with van der Waals surface area (Å²) < 4.78 is 18.9. The highest BCUT2D eigenvalue weighted by Crippen LogP contribution is 2.28. The number of halogens is 1. The fourth-order valence-corrected chi connectivity index (χ4v) is 1.57. The molecule has 0 heterocycles. The maximum atomic E-state index is 13.6. The Hall–Kier alpha value is -2.54. The van der Waals surface area contributed by atoms with Crippen molar-refractivity contribution in [2.75, 3.05) is 0 Å². The molecule has 0 saturated heterocycles. The van der Waals surface area contributed by atoms with Crippen LogP contribution in [0.25, 0.3) is 0 Å². The number of hydrogen-bond acceptors (Lipinski definition) is 3. The van der Waals surface area contributed by atoms with Gasteiger partial charge in [-0.2, -0.15) is 5.26 Å². The highest BCUT2D eigenvalue weighted by atomic mass is 19.1. The van der Waals surface area contributed by atoms with Crippen LogP contribution in [-0.2, 0) is 0 Å². The Morgan fingerprint density at radius 3 is 2.61 bits per heavy atom. The predicted octanol–water partition coefficient (Wildman–Crippen LogP) is 3.50. The van der Waals surface area contributed by atoms with Gasteiger partial charge >= 0.3 is 0 Å². The quantitative estimate of drug-likeness (QED) is 0.878. The standard InChI is InChI=1S/C14H10FNO2/c1-9-4-11(17)7-12(5-9)18-14-3-2-10(8-16)6-13(14)15/h2-7,17H,1H3. The van der Waals surface area contributed by atoms with Crippen molar-refractivity contribution < 1.29 is 14.2 Å². The molecule has 0 radical (unpaired) electrons. The molecule has 0 amide bonds. The number of phenols is 1. The van der Waals surface area contributed by atoms with E-state index >= 15 is 0 Å². The van der Waals surface area contributed by atoms with Crippen molar-refractivity contribution in [3.05, 3.63) is 53.3 Å². The van der Waals surface area contributed by atoms with Crippen LogP contribution in [0.3, 0.4) is 0 Å². The van der Waals surface area contributed by atoms with Gasteiger partial charge in [0.1, 0.15) is 11.5 Å². The van der Waals surface area contributed by atoms with E-state index in [0.29, 0.717) is 5.75 Å². The van der Waals surface area contributed by atoms with Crippen LogP contribution in [0.4, 0.5) is 4.39 Å². The first kappa shape index (κ1) is 11.9. The van der Waals surface area contributed by atoms with Gasteiger partial charge in [-0.05, 0) is 42.8 Å². The molecule has 2 aromatic carbocycles. The molecule has 0 bridgehead atoms. The zero-order valence-corrected chi connectivity index (χ0v) is 9.64. The van der Waals surface area contributed by atoms with Gasteiger partial charge in [-0.3, -0.25) is 0 Å². The molecule has 0 aromatic heterocycles. The SMILES string of the molecule is Cc1cc(O)cc(Oc2ccc(C#N)cc2F)c1. The smallest absolute Gasteiger partial charge is 0.167 e. The Morgan fingerprint density at radius 1 is 1.22 bits per heavy atom. The number of rotatable bonds is 2. The molecule has 1 N–H and O–H groups in total. The van der Waals surface area contributed by atoms with Crippen molar-refractivity contribution in [3.63, 3.8) is 0 Å². The number of ether oxygens (including phenoxy) is 1. The second-order valence-electron chi connectivity index (χ2n) is 3.86. The highest BCUT2D eigenvalue weighted by Gasteiger charge is 2.07. The van der Waals surface area contributed by atoms with E-state index in [1.54, 1.807) is 19.1 Å². The lowest BCUT2D eigenvalue weighted by Crippen LogP contribution is -1.90. The molecule has 0 aliphatic carbocycles. The largest absolute Gasteiger partial charge is 0.508 e. The van der Waals surface area contributed by atoms with Gasteiger partial charge in [0.05, 0.1) is 11.6 Å². The van der Waals surface area contributed by atoms with E-state index < -0.39 is 5.82 Å². The Morgan fingerprint density at radius 2 is 2.00 bits per heavy atom. The molecular formula is C14H10FNO2. The van der Waals surface area contributed by atoms with Crippen molar-refractivity contribution in [1.29, 1.82) is 5.26 Å². The Balaban J connectivity index is 2.31. The molecule has 0 unspecified atom stereocenters. The van der Waals surface area contributed by atoms with Crippen LogP contribution >= 0.6 is 0 Å². The highest BCUT2D eigenvalue weighted by molar-refractivity contribution is 5.42. The molecular weight excluding hydrogens is 233 g/mol. The molecule has 90 valence electrons. The van der Waals surface area contributed by atoms with Gasteiger partial charge < -0.3 is 9.84 Å². The van der Waals surface area contributed by atoms with Crippen LogP contribution < -0.4 is 4.74 Å². The van der Waals surface area contributed by atoms with Crippen molar-refractivity contribution >= 4 is 0 Å². The normalized spacial score (nSPS) is 9.83. The minimum atomic E-state index is -0.616. The molecule has 0 aliphatic rings. The van der Waals surface area contributed by atoms with E-state index in [0.717, 1.165) is 11.6 Å². The number of aromatic hydroxyl groups is 1. The van der Waals surface area contributed by atoms with E-state index in [9.17, 15) is 9.50 Å². The van der Waals surface area contributed by atoms with E-state index in [-0.39, 0.29) is 17.1 Å². The zero-order valence-electron chi connectivity index (χ0n) is 9.64. The number of phenolic OH excluding ortho intramolecular Hbond substituents is 1. The second-order valence-corrected chi connectivity index (χ2v) is 3.86. The number of nitrogens with zero attached hydrogens (tertiary/aromatic N) is 1. The fourth-order valence-electron chi connectivity index (χ4n) is 1.57. The lowest BCUT2D eigenvalue weighted by atomic mass is 10.2. The summed E-state index contributed by atoms with van der Waals surface area (Å²) in [4.78, 5) is 0. The summed E-state index contributed by atoms with van der Waals surface area (Å²) >= 11 is 0. The van der Waals surface area contributed by atoms with Gasteiger partial charge in [0, 0.05) is 6.07 Å². The van der Waals surface area contributed by atoms with Crippen LogP contribution in [0, 0.1) is 24.1 Å². The fraction of sp³-hybridized carbons (Fsp3) is 0.0714. The van der Waals surface area contributed by atoms with Crippen molar-refractivity contribution in [2.45, 2.75) is 6.92 Å². The van der Waals surface area contributed by atoms with Gasteiger partial charge in [-0.1, -0.05) is 0 Å².